The van der Waals surface area contributed by atoms with E-state index in [0.717, 1.165) is 26.8 Å². The first-order chi connectivity index (χ1) is 12.5. The zero-order chi connectivity index (χ0) is 18.3. The van der Waals surface area contributed by atoms with Gasteiger partial charge in [0.25, 0.3) is 5.91 Å². The van der Waals surface area contributed by atoms with Gasteiger partial charge in [-0.25, -0.2) is 0 Å². The van der Waals surface area contributed by atoms with E-state index in [2.05, 4.69) is 15.5 Å². The Bertz CT molecular complexity index is 1130. The molecule has 7 heteroatoms. The van der Waals surface area contributed by atoms with Crippen molar-refractivity contribution in [3.05, 3.63) is 63.5 Å². The number of halogens is 1. The van der Waals surface area contributed by atoms with E-state index in [1.807, 2.05) is 56.3 Å². The van der Waals surface area contributed by atoms with E-state index in [1.165, 1.54) is 11.3 Å². The predicted octanol–water partition coefficient (Wildman–Crippen LogP) is 5.47. The van der Waals surface area contributed by atoms with Crippen LogP contribution in [0.25, 0.3) is 21.5 Å². The SMILES string of the molecule is Cc1ccc(C)c(-c2nnc(NC(=O)c3sc4ccccc4c3Cl)o2)c1. The van der Waals surface area contributed by atoms with Gasteiger partial charge in [-0.1, -0.05) is 52.6 Å². The highest BCUT2D eigenvalue weighted by molar-refractivity contribution is 7.21. The fraction of sp³-hybridized carbons (Fsp3) is 0.105. The Labute approximate surface area is 158 Å². The van der Waals surface area contributed by atoms with Gasteiger partial charge in [0.1, 0.15) is 4.88 Å². The van der Waals surface area contributed by atoms with Crippen LogP contribution in [0.15, 0.2) is 46.9 Å². The van der Waals surface area contributed by atoms with Gasteiger partial charge in [0.15, 0.2) is 0 Å². The zero-order valence-corrected chi connectivity index (χ0v) is 15.6. The number of fused-ring (bicyclic) bond motifs is 1. The van der Waals surface area contributed by atoms with E-state index in [4.69, 9.17) is 16.0 Å². The highest BCUT2D eigenvalue weighted by atomic mass is 35.5. The molecule has 1 N–H and O–H groups in total. The van der Waals surface area contributed by atoms with Crippen LogP contribution >= 0.6 is 22.9 Å². The number of amides is 1. The molecule has 0 atom stereocenters. The van der Waals surface area contributed by atoms with Gasteiger partial charge in [-0.15, -0.1) is 16.4 Å². The van der Waals surface area contributed by atoms with Crippen molar-refractivity contribution in [2.45, 2.75) is 13.8 Å². The van der Waals surface area contributed by atoms with Gasteiger partial charge >= 0.3 is 6.01 Å². The molecular formula is C19H14ClN3O2S. The van der Waals surface area contributed by atoms with Crippen LogP contribution in [0.2, 0.25) is 5.02 Å². The summed E-state index contributed by atoms with van der Waals surface area (Å²) in [7, 11) is 0. The summed E-state index contributed by atoms with van der Waals surface area (Å²) >= 11 is 7.67. The third-order valence-electron chi connectivity index (χ3n) is 4.01. The van der Waals surface area contributed by atoms with Gasteiger partial charge in [0, 0.05) is 15.6 Å². The second-order valence-corrected chi connectivity index (χ2v) is 7.36. The van der Waals surface area contributed by atoms with Gasteiger partial charge in [-0.2, -0.15) is 0 Å². The second-order valence-electron chi connectivity index (χ2n) is 5.93. The molecule has 0 aliphatic rings. The molecule has 0 bridgehead atoms. The molecule has 2 aromatic carbocycles. The van der Waals surface area contributed by atoms with Gasteiger partial charge in [-0.05, 0) is 31.5 Å². The van der Waals surface area contributed by atoms with Crippen molar-refractivity contribution in [2.75, 3.05) is 5.32 Å². The molecule has 2 heterocycles. The first-order valence-corrected chi connectivity index (χ1v) is 9.12. The summed E-state index contributed by atoms with van der Waals surface area (Å²) in [5, 5.41) is 11.9. The maximum Gasteiger partial charge on any atom is 0.322 e. The van der Waals surface area contributed by atoms with Crippen molar-refractivity contribution in [1.29, 1.82) is 0 Å². The predicted molar refractivity (Wildman–Crippen MR) is 104 cm³/mol. The van der Waals surface area contributed by atoms with Gasteiger partial charge in [-0.3, -0.25) is 10.1 Å². The lowest BCUT2D eigenvalue weighted by molar-refractivity contribution is 0.102. The fourth-order valence-electron chi connectivity index (χ4n) is 2.66. The van der Waals surface area contributed by atoms with Crippen molar-refractivity contribution in [2.24, 2.45) is 0 Å². The number of thiophene rings is 1. The van der Waals surface area contributed by atoms with Crippen molar-refractivity contribution >= 4 is 44.9 Å². The molecule has 1 amide bonds. The third-order valence-corrected chi connectivity index (χ3v) is 5.68. The summed E-state index contributed by atoms with van der Waals surface area (Å²) in [4.78, 5) is 13.0. The van der Waals surface area contributed by atoms with E-state index in [-0.39, 0.29) is 11.9 Å². The second kappa shape index (κ2) is 6.55. The molecule has 0 aliphatic heterocycles. The van der Waals surface area contributed by atoms with Crippen LogP contribution in [0.5, 0.6) is 0 Å². The lowest BCUT2D eigenvalue weighted by atomic mass is 10.1. The molecule has 0 fully saturated rings. The number of rotatable bonds is 3. The van der Waals surface area contributed by atoms with Gasteiger partial charge in [0.2, 0.25) is 5.89 Å². The van der Waals surface area contributed by atoms with E-state index in [9.17, 15) is 4.79 Å². The largest absolute Gasteiger partial charge is 0.403 e. The van der Waals surface area contributed by atoms with E-state index < -0.39 is 0 Å². The average Bonchev–Trinajstić information content (AvgIpc) is 3.22. The van der Waals surface area contributed by atoms with E-state index in [0.29, 0.717) is 15.8 Å². The summed E-state index contributed by atoms with van der Waals surface area (Å²) < 4.78 is 6.57. The summed E-state index contributed by atoms with van der Waals surface area (Å²) in [5.74, 6) is -0.00342. The summed E-state index contributed by atoms with van der Waals surface area (Å²) in [5.41, 5.74) is 2.95. The van der Waals surface area contributed by atoms with E-state index in [1.54, 1.807) is 0 Å². The fourth-order valence-corrected chi connectivity index (χ4v) is 4.08. The van der Waals surface area contributed by atoms with Gasteiger partial charge in [0.05, 0.1) is 5.02 Å². The van der Waals surface area contributed by atoms with Crippen molar-refractivity contribution in [3.8, 4) is 11.5 Å². The van der Waals surface area contributed by atoms with E-state index >= 15 is 0 Å². The van der Waals surface area contributed by atoms with Crippen LogP contribution in [0, 0.1) is 13.8 Å². The Morgan fingerprint density at radius 1 is 1.15 bits per heavy atom. The normalized spacial score (nSPS) is 11.0. The minimum absolute atomic E-state index is 0.0411. The Hall–Kier alpha value is -2.70. The first kappa shape index (κ1) is 16.8. The quantitative estimate of drug-likeness (QED) is 0.509. The molecule has 4 aromatic rings. The van der Waals surface area contributed by atoms with Crippen molar-refractivity contribution in [3.63, 3.8) is 0 Å². The van der Waals surface area contributed by atoms with Crippen LogP contribution in [0.1, 0.15) is 20.8 Å². The molecule has 0 spiro atoms. The lowest BCUT2D eigenvalue weighted by Gasteiger charge is -2.02. The molecule has 2 aromatic heterocycles. The van der Waals surface area contributed by atoms with Crippen LogP contribution in [0.4, 0.5) is 6.01 Å². The maximum absolute atomic E-state index is 12.6. The lowest BCUT2D eigenvalue weighted by Crippen LogP contribution is -2.10. The number of nitrogens with one attached hydrogen (secondary N) is 1. The average molecular weight is 384 g/mol. The van der Waals surface area contributed by atoms with Crippen molar-refractivity contribution in [1.82, 2.24) is 10.2 Å². The Morgan fingerprint density at radius 2 is 1.96 bits per heavy atom. The highest BCUT2D eigenvalue weighted by Crippen LogP contribution is 2.35. The number of carbonyl (C=O) groups is 1. The molecule has 130 valence electrons. The van der Waals surface area contributed by atoms with Crippen LogP contribution in [-0.4, -0.2) is 16.1 Å². The van der Waals surface area contributed by atoms with Gasteiger partial charge < -0.3 is 4.42 Å². The molecule has 0 saturated carbocycles. The minimum atomic E-state index is -0.368. The molecule has 5 nitrogen and oxygen atoms in total. The third kappa shape index (κ3) is 2.98. The summed E-state index contributed by atoms with van der Waals surface area (Å²) in [6.07, 6.45) is 0. The number of carbonyl (C=O) groups excluding carboxylic acids is 1. The Morgan fingerprint density at radius 3 is 2.77 bits per heavy atom. The van der Waals surface area contributed by atoms with Crippen LogP contribution in [0.3, 0.4) is 0 Å². The molecule has 0 saturated heterocycles. The van der Waals surface area contributed by atoms with Crippen LogP contribution < -0.4 is 5.32 Å². The molecule has 0 aliphatic carbocycles. The molecule has 0 unspecified atom stereocenters. The Kier molecular flexibility index (Phi) is 4.22. The number of aromatic nitrogens is 2. The maximum atomic E-state index is 12.6. The zero-order valence-electron chi connectivity index (χ0n) is 14.0. The number of anilines is 1. The molecule has 26 heavy (non-hydrogen) atoms. The minimum Gasteiger partial charge on any atom is -0.403 e. The molecular weight excluding hydrogens is 370 g/mol. The summed E-state index contributed by atoms with van der Waals surface area (Å²) in [6, 6.07) is 13.6. The first-order valence-electron chi connectivity index (χ1n) is 7.92. The highest BCUT2D eigenvalue weighted by Gasteiger charge is 2.19. The standard InChI is InChI=1S/C19H14ClN3O2S/c1-10-7-8-11(2)13(9-10)18-22-23-19(25-18)21-17(24)16-15(20)12-5-3-4-6-14(12)26-16/h3-9H,1-2H3,(H,21,23,24). The number of aryl methyl sites for hydroxylation is 2. The monoisotopic (exact) mass is 383 g/mol. The molecule has 0 radical (unpaired) electrons. The topological polar surface area (TPSA) is 68.0 Å². The Balaban J connectivity index is 1.61. The smallest absolute Gasteiger partial charge is 0.322 e. The van der Waals surface area contributed by atoms with Crippen LogP contribution in [-0.2, 0) is 0 Å². The number of hydrogen-bond acceptors (Lipinski definition) is 5. The molecule has 4 rings (SSSR count). The van der Waals surface area contributed by atoms with Crippen molar-refractivity contribution < 1.29 is 9.21 Å². The number of hydrogen-bond donors (Lipinski definition) is 1. The number of benzene rings is 2. The summed E-state index contributed by atoms with van der Waals surface area (Å²) in [6.45, 7) is 3.96. The number of nitrogens with zero attached hydrogens (tertiary/aromatic N) is 2.